The lowest BCUT2D eigenvalue weighted by molar-refractivity contribution is 0.0506. The van der Waals surface area contributed by atoms with Gasteiger partial charge >= 0.3 is 11.9 Å². The zero-order chi connectivity index (χ0) is 12.3. The molecule has 0 aliphatic carbocycles. The average Bonchev–Trinajstić information content (AvgIpc) is 2.53. The van der Waals surface area contributed by atoms with Gasteiger partial charge in [0.25, 0.3) is 0 Å². The molecule has 0 saturated heterocycles. The molecule has 1 aromatic heterocycles. The number of hydrogen-bond acceptors (Lipinski definition) is 5. The highest BCUT2D eigenvalue weighted by molar-refractivity contribution is 6.07. The fraction of sp³-hybridized carbons (Fsp3) is 0.400. The highest BCUT2D eigenvalue weighted by Crippen LogP contribution is 2.22. The third-order valence-electron chi connectivity index (χ3n) is 2.09. The minimum atomic E-state index is -0.634. The lowest BCUT2D eigenvalue weighted by Crippen LogP contribution is -2.13. The fourth-order valence-electron chi connectivity index (χ4n) is 1.42. The first-order chi connectivity index (χ1) is 7.52. The molecule has 1 aromatic rings. The van der Waals surface area contributed by atoms with Crippen LogP contribution in [0.25, 0.3) is 0 Å². The van der Waals surface area contributed by atoms with Gasteiger partial charge in [0.15, 0.2) is 0 Å². The Hall–Kier alpha value is -1.98. The van der Waals surface area contributed by atoms with Crippen LogP contribution in [0, 0.1) is 6.92 Å². The number of aryl methyl sites for hydroxylation is 1. The number of nitrogens with one attached hydrogen (secondary N) is 1. The van der Waals surface area contributed by atoms with E-state index in [4.69, 9.17) is 10.5 Å². The topological polar surface area (TPSA) is 94.4 Å². The van der Waals surface area contributed by atoms with Crippen molar-refractivity contribution in [1.29, 1.82) is 0 Å². The fourth-order valence-corrected chi connectivity index (χ4v) is 1.42. The third kappa shape index (κ3) is 2.00. The molecule has 0 bridgehead atoms. The van der Waals surface area contributed by atoms with Crippen molar-refractivity contribution < 1.29 is 19.1 Å². The van der Waals surface area contributed by atoms with Crippen LogP contribution in [0.1, 0.15) is 33.3 Å². The van der Waals surface area contributed by atoms with Gasteiger partial charge in [-0.1, -0.05) is 0 Å². The van der Waals surface area contributed by atoms with Crippen molar-refractivity contribution in [1.82, 2.24) is 4.98 Å². The van der Waals surface area contributed by atoms with Gasteiger partial charge in [0.1, 0.15) is 11.4 Å². The molecule has 0 radical (unpaired) electrons. The number of aromatic nitrogens is 1. The molecule has 0 amide bonds. The predicted octanol–water partition coefficient (Wildman–Crippen LogP) is 0.869. The Labute approximate surface area is 92.7 Å². The van der Waals surface area contributed by atoms with Crippen LogP contribution in [0.15, 0.2) is 0 Å². The Morgan fingerprint density at radius 1 is 1.31 bits per heavy atom. The summed E-state index contributed by atoms with van der Waals surface area (Å²) >= 11 is 0. The third-order valence-corrected chi connectivity index (χ3v) is 2.09. The van der Waals surface area contributed by atoms with Gasteiger partial charge in [-0.3, -0.25) is 0 Å². The zero-order valence-corrected chi connectivity index (χ0v) is 9.42. The molecule has 6 nitrogen and oxygen atoms in total. The molecule has 0 fully saturated rings. The Morgan fingerprint density at radius 3 is 2.44 bits per heavy atom. The minimum absolute atomic E-state index is 0.0335. The van der Waals surface area contributed by atoms with E-state index in [-0.39, 0.29) is 23.6 Å². The van der Waals surface area contributed by atoms with E-state index in [9.17, 15) is 9.59 Å². The van der Waals surface area contributed by atoms with Gasteiger partial charge in [-0.15, -0.1) is 0 Å². The summed E-state index contributed by atoms with van der Waals surface area (Å²) < 4.78 is 9.39. The summed E-state index contributed by atoms with van der Waals surface area (Å²) in [4.78, 5) is 25.8. The molecule has 0 atom stereocenters. The van der Waals surface area contributed by atoms with Crippen molar-refractivity contribution in [2.45, 2.75) is 13.8 Å². The SMILES string of the molecule is CCOC(=O)c1c(N)[nH]c(C)c1C(=O)OC. The van der Waals surface area contributed by atoms with E-state index < -0.39 is 11.9 Å². The quantitative estimate of drug-likeness (QED) is 0.745. The van der Waals surface area contributed by atoms with Crippen molar-refractivity contribution in [3.05, 3.63) is 16.8 Å². The highest BCUT2D eigenvalue weighted by Gasteiger charge is 2.26. The number of nitrogens with two attached hydrogens (primary N) is 1. The minimum Gasteiger partial charge on any atom is -0.465 e. The van der Waals surface area contributed by atoms with Crippen LogP contribution < -0.4 is 5.73 Å². The Balaban J connectivity index is 3.25. The summed E-state index contributed by atoms with van der Waals surface area (Å²) in [5.74, 6) is -1.14. The molecule has 0 unspecified atom stereocenters. The average molecular weight is 226 g/mol. The van der Waals surface area contributed by atoms with Gasteiger partial charge in [-0.2, -0.15) is 0 Å². The van der Waals surface area contributed by atoms with E-state index in [2.05, 4.69) is 9.72 Å². The van der Waals surface area contributed by atoms with Crippen LogP contribution in [0.3, 0.4) is 0 Å². The number of hydrogen-bond donors (Lipinski definition) is 2. The molecule has 3 N–H and O–H groups in total. The summed E-state index contributed by atoms with van der Waals surface area (Å²) in [6.07, 6.45) is 0. The van der Waals surface area contributed by atoms with E-state index >= 15 is 0 Å². The molecular formula is C10H14N2O4. The van der Waals surface area contributed by atoms with E-state index in [0.29, 0.717) is 5.69 Å². The summed E-state index contributed by atoms with van der Waals surface area (Å²) in [6.45, 7) is 3.51. The smallest absolute Gasteiger partial charge is 0.342 e. The van der Waals surface area contributed by atoms with Crippen LogP contribution in [-0.2, 0) is 9.47 Å². The second-order valence-electron chi connectivity index (χ2n) is 3.13. The van der Waals surface area contributed by atoms with Crippen molar-refractivity contribution in [3.63, 3.8) is 0 Å². The van der Waals surface area contributed by atoms with Crippen molar-refractivity contribution in [2.75, 3.05) is 19.5 Å². The van der Waals surface area contributed by atoms with Crippen molar-refractivity contribution in [2.24, 2.45) is 0 Å². The molecule has 0 aliphatic heterocycles. The number of methoxy groups -OCH3 is 1. The first-order valence-electron chi connectivity index (χ1n) is 4.76. The maximum atomic E-state index is 11.6. The van der Waals surface area contributed by atoms with Crippen molar-refractivity contribution >= 4 is 17.8 Å². The zero-order valence-electron chi connectivity index (χ0n) is 9.42. The van der Waals surface area contributed by atoms with Gasteiger partial charge in [-0.05, 0) is 13.8 Å². The second-order valence-corrected chi connectivity index (χ2v) is 3.13. The van der Waals surface area contributed by atoms with Gasteiger partial charge in [0, 0.05) is 5.69 Å². The summed E-state index contributed by atoms with van der Waals surface area (Å²) in [5, 5.41) is 0. The Kier molecular flexibility index (Phi) is 3.55. The lowest BCUT2D eigenvalue weighted by atomic mass is 10.1. The molecule has 0 aliphatic rings. The van der Waals surface area contributed by atoms with Crippen LogP contribution in [0.2, 0.25) is 0 Å². The number of anilines is 1. The first-order valence-corrected chi connectivity index (χ1v) is 4.76. The predicted molar refractivity (Wildman–Crippen MR) is 57.2 cm³/mol. The maximum Gasteiger partial charge on any atom is 0.342 e. The normalized spacial score (nSPS) is 9.94. The van der Waals surface area contributed by atoms with Crippen LogP contribution >= 0.6 is 0 Å². The van der Waals surface area contributed by atoms with Gasteiger partial charge in [-0.25, -0.2) is 9.59 Å². The number of ether oxygens (including phenoxy) is 2. The van der Waals surface area contributed by atoms with E-state index in [1.807, 2.05) is 0 Å². The number of H-pyrrole nitrogens is 1. The summed E-state index contributed by atoms with van der Waals surface area (Å²) in [6, 6.07) is 0. The van der Waals surface area contributed by atoms with E-state index in [0.717, 1.165) is 0 Å². The number of carbonyl (C=O) groups excluding carboxylic acids is 2. The van der Waals surface area contributed by atoms with E-state index in [1.165, 1.54) is 7.11 Å². The number of aromatic amines is 1. The molecule has 88 valence electrons. The maximum absolute atomic E-state index is 11.6. The number of rotatable bonds is 3. The largest absolute Gasteiger partial charge is 0.465 e. The standard InChI is InChI=1S/C10H14N2O4/c1-4-16-10(14)7-6(9(13)15-3)5(2)12-8(7)11/h12H,4,11H2,1-3H3. The lowest BCUT2D eigenvalue weighted by Gasteiger charge is -2.03. The van der Waals surface area contributed by atoms with E-state index in [1.54, 1.807) is 13.8 Å². The molecule has 0 aromatic carbocycles. The summed E-state index contributed by atoms with van der Waals surface area (Å²) in [5.41, 5.74) is 6.24. The molecule has 16 heavy (non-hydrogen) atoms. The number of esters is 2. The van der Waals surface area contributed by atoms with Gasteiger partial charge in [0.05, 0.1) is 19.3 Å². The highest BCUT2D eigenvalue weighted by atomic mass is 16.5. The first kappa shape index (κ1) is 12.1. The number of carbonyl (C=O) groups is 2. The van der Waals surface area contributed by atoms with Crippen molar-refractivity contribution in [3.8, 4) is 0 Å². The monoisotopic (exact) mass is 226 g/mol. The Morgan fingerprint density at radius 2 is 1.94 bits per heavy atom. The summed E-state index contributed by atoms with van der Waals surface area (Å²) in [7, 11) is 1.24. The molecule has 0 saturated carbocycles. The van der Waals surface area contributed by atoms with Crippen LogP contribution in [0.5, 0.6) is 0 Å². The molecule has 1 rings (SSSR count). The van der Waals surface area contributed by atoms with Gasteiger partial charge in [0.2, 0.25) is 0 Å². The van der Waals surface area contributed by atoms with Crippen LogP contribution in [-0.4, -0.2) is 30.6 Å². The molecular weight excluding hydrogens is 212 g/mol. The molecule has 0 spiro atoms. The molecule has 1 heterocycles. The number of nitrogen functional groups attached to an aromatic ring is 1. The Bertz CT molecular complexity index is 423. The molecule has 6 heteroatoms. The van der Waals surface area contributed by atoms with Crippen LogP contribution in [0.4, 0.5) is 5.82 Å². The second kappa shape index (κ2) is 4.69. The van der Waals surface area contributed by atoms with Gasteiger partial charge < -0.3 is 20.2 Å².